The number of amides is 1. The van der Waals surface area contributed by atoms with Gasteiger partial charge in [0.2, 0.25) is 5.91 Å². The molecular formula is C20H18Cl2N2OS2. The SMILES string of the molecule is CC(C)c1ccc(NC(=O)CSc2nc(-c3ccc(Cl)cc3Cl)cs2)cc1. The minimum atomic E-state index is -0.0569. The van der Waals surface area contributed by atoms with Crippen molar-refractivity contribution in [2.24, 2.45) is 0 Å². The molecule has 1 aromatic heterocycles. The lowest BCUT2D eigenvalue weighted by Gasteiger charge is -2.08. The molecule has 3 rings (SSSR count). The summed E-state index contributed by atoms with van der Waals surface area (Å²) in [6, 6.07) is 13.3. The number of rotatable bonds is 6. The second-order valence-electron chi connectivity index (χ2n) is 6.24. The fourth-order valence-corrected chi connectivity index (χ4v) is 4.55. The third-order valence-electron chi connectivity index (χ3n) is 3.88. The molecule has 3 aromatic rings. The van der Waals surface area contributed by atoms with Gasteiger partial charge in [-0.05, 0) is 41.8 Å². The summed E-state index contributed by atoms with van der Waals surface area (Å²) >= 11 is 15.1. The maximum absolute atomic E-state index is 12.2. The maximum Gasteiger partial charge on any atom is 0.234 e. The lowest BCUT2D eigenvalue weighted by atomic mass is 10.0. The van der Waals surface area contributed by atoms with E-state index in [-0.39, 0.29) is 5.91 Å². The summed E-state index contributed by atoms with van der Waals surface area (Å²) in [7, 11) is 0. The molecule has 0 aliphatic rings. The molecule has 140 valence electrons. The molecule has 0 saturated heterocycles. The first-order valence-electron chi connectivity index (χ1n) is 8.36. The van der Waals surface area contributed by atoms with E-state index >= 15 is 0 Å². The molecule has 27 heavy (non-hydrogen) atoms. The van der Waals surface area contributed by atoms with Crippen molar-refractivity contribution in [1.82, 2.24) is 4.98 Å². The first-order chi connectivity index (χ1) is 12.9. The number of carbonyl (C=O) groups excluding carboxylic acids is 1. The molecule has 1 N–H and O–H groups in total. The molecule has 2 aromatic carbocycles. The molecule has 1 amide bonds. The van der Waals surface area contributed by atoms with E-state index in [9.17, 15) is 4.79 Å². The number of aromatic nitrogens is 1. The van der Waals surface area contributed by atoms with Gasteiger partial charge in [0.05, 0.1) is 16.5 Å². The number of carbonyl (C=O) groups is 1. The van der Waals surface area contributed by atoms with E-state index in [0.717, 1.165) is 21.3 Å². The Hall–Kier alpha value is -1.53. The number of nitrogens with zero attached hydrogens (tertiary/aromatic N) is 1. The minimum absolute atomic E-state index is 0.0569. The van der Waals surface area contributed by atoms with Crippen molar-refractivity contribution in [3.05, 3.63) is 63.5 Å². The summed E-state index contributed by atoms with van der Waals surface area (Å²) in [6.07, 6.45) is 0. The van der Waals surface area contributed by atoms with Crippen LogP contribution in [0.15, 0.2) is 52.2 Å². The van der Waals surface area contributed by atoms with Crippen LogP contribution in [0.1, 0.15) is 25.3 Å². The van der Waals surface area contributed by atoms with Gasteiger partial charge in [0.25, 0.3) is 0 Å². The zero-order valence-corrected chi connectivity index (χ0v) is 18.0. The van der Waals surface area contributed by atoms with Crippen LogP contribution in [0, 0.1) is 0 Å². The number of anilines is 1. The third-order valence-corrected chi connectivity index (χ3v) is 6.45. The van der Waals surface area contributed by atoms with E-state index in [1.165, 1.54) is 28.7 Å². The molecule has 0 unspecified atom stereocenters. The third kappa shape index (κ3) is 5.48. The van der Waals surface area contributed by atoms with E-state index in [2.05, 4.69) is 24.1 Å². The number of hydrogen-bond acceptors (Lipinski definition) is 4. The van der Waals surface area contributed by atoms with Gasteiger partial charge in [-0.25, -0.2) is 4.98 Å². The molecular weight excluding hydrogens is 419 g/mol. The standard InChI is InChI=1S/C20H18Cl2N2OS2/c1-12(2)13-3-6-15(7-4-13)23-19(25)11-27-20-24-18(10-26-20)16-8-5-14(21)9-17(16)22/h3-10,12H,11H2,1-2H3,(H,23,25). The minimum Gasteiger partial charge on any atom is -0.325 e. The van der Waals surface area contributed by atoms with E-state index in [1.54, 1.807) is 12.1 Å². The fraction of sp³-hybridized carbons (Fsp3) is 0.200. The topological polar surface area (TPSA) is 42.0 Å². The molecule has 0 fully saturated rings. The number of benzene rings is 2. The van der Waals surface area contributed by atoms with E-state index in [4.69, 9.17) is 23.2 Å². The van der Waals surface area contributed by atoms with Crippen molar-refractivity contribution < 1.29 is 4.79 Å². The number of thioether (sulfide) groups is 1. The van der Waals surface area contributed by atoms with Crippen LogP contribution < -0.4 is 5.32 Å². The van der Waals surface area contributed by atoms with Gasteiger partial charge in [0, 0.05) is 21.7 Å². The average Bonchev–Trinajstić information content (AvgIpc) is 3.09. The molecule has 1 heterocycles. The van der Waals surface area contributed by atoms with Crippen molar-refractivity contribution in [3.8, 4) is 11.3 Å². The Labute approximate surface area is 177 Å². The van der Waals surface area contributed by atoms with Crippen LogP contribution in [0.3, 0.4) is 0 Å². The van der Waals surface area contributed by atoms with Crippen molar-refractivity contribution in [3.63, 3.8) is 0 Å². The van der Waals surface area contributed by atoms with Gasteiger partial charge in [-0.15, -0.1) is 11.3 Å². The Morgan fingerprint density at radius 1 is 1.19 bits per heavy atom. The predicted molar refractivity (Wildman–Crippen MR) is 117 cm³/mol. The van der Waals surface area contributed by atoms with Crippen LogP contribution in [0.4, 0.5) is 5.69 Å². The highest BCUT2D eigenvalue weighted by Gasteiger charge is 2.11. The second-order valence-corrected chi connectivity index (χ2v) is 9.16. The Bertz CT molecular complexity index is 939. The van der Waals surface area contributed by atoms with Gasteiger partial charge >= 0.3 is 0 Å². The normalized spacial score (nSPS) is 11.0. The van der Waals surface area contributed by atoms with E-state index in [1.807, 2.05) is 35.7 Å². The number of thiazole rings is 1. The van der Waals surface area contributed by atoms with Crippen LogP contribution >= 0.6 is 46.3 Å². The largest absolute Gasteiger partial charge is 0.325 e. The zero-order chi connectivity index (χ0) is 19.4. The lowest BCUT2D eigenvalue weighted by molar-refractivity contribution is -0.113. The molecule has 0 atom stereocenters. The van der Waals surface area contributed by atoms with Crippen LogP contribution in [0.2, 0.25) is 10.0 Å². The summed E-state index contributed by atoms with van der Waals surface area (Å²) in [5, 5.41) is 6.00. The van der Waals surface area contributed by atoms with Gasteiger partial charge in [-0.2, -0.15) is 0 Å². The molecule has 0 aliphatic heterocycles. The van der Waals surface area contributed by atoms with Crippen LogP contribution in [-0.2, 0) is 4.79 Å². The van der Waals surface area contributed by atoms with E-state index in [0.29, 0.717) is 21.7 Å². The van der Waals surface area contributed by atoms with Gasteiger partial charge < -0.3 is 5.32 Å². The van der Waals surface area contributed by atoms with Crippen molar-refractivity contribution >= 4 is 57.9 Å². The summed E-state index contributed by atoms with van der Waals surface area (Å²) in [5.74, 6) is 0.713. The van der Waals surface area contributed by atoms with Crippen molar-refractivity contribution in [2.75, 3.05) is 11.1 Å². The Morgan fingerprint density at radius 2 is 1.93 bits per heavy atom. The summed E-state index contributed by atoms with van der Waals surface area (Å²) in [6.45, 7) is 4.29. The smallest absolute Gasteiger partial charge is 0.234 e. The van der Waals surface area contributed by atoms with Crippen LogP contribution in [-0.4, -0.2) is 16.6 Å². The summed E-state index contributed by atoms with van der Waals surface area (Å²) < 4.78 is 0.821. The van der Waals surface area contributed by atoms with Gasteiger partial charge in [0.1, 0.15) is 0 Å². The molecule has 0 spiro atoms. The number of nitrogens with one attached hydrogen (secondary N) is 1. The number of halogens is 2. The average molecular weight is 437 g/mol. The molecule has 0 radical (unpaired) electrons. The summed E-state index contributed by atoms with van der Waals surface area (Å²) in [4.78, 5) is 16.7. The molecule has 3 nitrogen and oxygen atoms in total. The molecule has 7 heteroatoms. The highest BCUT2D eigenvalue weighted by molar-refractivity contribution is 8.01. The molecule has 0 bridgehead atoms. The lowest BCUT2D eigenvalue weighted by Crippen LogP contribution is -2.13. The van der Waals surface area contributed by atoms with Crippen molar-refractivity contribution in [1.29, 1.82) is 0 Å². The molecule has 0 saturated carbocycles. The first kappa shape index (κ1) is 20.2. The van der Waals surface area contributed by atoms with E-state index < -0.39 is 0 Å². The Kier molecular flexibility index (Phi) is 6.82. The highest BCUT2D eigenvalue weighted by atomic mass is 35.5. The summed E-state index contributed by atoms with van der Waals surface area (Å²) in [5.41, 5.74) is 3.67. The van der Waals surface area contributed by atoms with Crippen LogP contribution in [0.5, 0.6) is 0 Å². The van der Waals surface area contributed by atoms with Gasteiger partial charge in [-0.1, -0.05) is 60.9 Å². The van der Waals surface area contributed by atoms with Gasteiger partial charge in [-0.3, -0.25) is 4.79 Å². The first-order valence-corrected chi connectivity index (χ1v) is 11.0. The maximum atomic E-state index is 12.2. The number of hydrogen-bond donors (Lipinski definition) is 1. The Morgan fingerprint density at radius 3 is 2.59 bits per heavy atom. The fourth-order valence-electron chi connectivity index (χ4n) is 2.42. The predicted octanol–water partition coefficient (Wildman–Crippen LogP) is 6.97. The monoisotopic (exact) mass is 436 g/mol. The Balaban J connectivity index is 1.57. The quantitative estimate of drug-likeness (QED) is 0.424. The highest BCUT2D eigenvalue weighted by Crippen LogP contribution is 2.33. The van der Waals surface area contributed by atoms with Gasteiger partial charge in [0.15, 0.2) is 4.34 Å². The zero-order valence-electron chi connectivity index (χ0n) is 14.8. The molecule has 0 aliphatic carbocycles. The van der Waals surface area contributed by atoms with Crippen molar-refractivity contribution in [2.45, 2.75) is 24.1 Å². The second kappa shape index (κ2) is 9.11. The van der Waals surface area contributed by atoms with Crippen LogP contribution in [0.25, 0.3) is 11.3 Å².